The lowest BCUT2D eigenvalue weighted by Crippen LogP contribution is -2.48. The van der Waals surface area contributed by atoms with Crippen LogP contribution in [0.4, 0.5) is 8.78 Å². The number of ether oxygens (including phenoxy) is 2. The van der Waals surface area contributed by atoms with Crippen LogP contribution >= 0.6 is 136 Å². The quantitative estimate of drug-likeness (QED) is 0.138. The Balaban J connectivity index is 1.94. The lowest BCUT2D eigenvalue weighted by molar-refractivity contribution is -0.155. The van der Waals surface area contributed by atoms with Gasteiger partial charge < -0.3 is 9.47 Å². The van der Waals surface area contributed by atoms with E-state index >= 15 is 0 Å². The van der Waals surface area contributed by atoms with E-state index in [4.69, 9.17) is 14.0 Å². The summed E-state index contributed by atoms with van der Waals surface area (Å²) in [7, 11) is -6.09. The second-order valence-electron chi connectivity index (χ2n) is 8.32. The first-order valence-electron chi connectivity index (χ1n) is 10.6. The average Bonchev–Trinajstić information content (AvgIpc) is 2.81. The van der Waals surface area contributed by atoms with Crippen LogP contribution in [0.25, 0.3) is 0 Å². The number of ketones is 1. The monoisotopic (exact) mass is 1240 g/mol. The van der Waals surface area contributed by atoms with Gasteiger partial charge in [0.2, 0.25) is 5.78 Å². The summed E-state index contributed by atoms with van der Waals surface area (Å²) in [5.74, 6) is -7.88. The van der Waals surface area contributed by atoms with Crippen LogP contribution in [0.3, 0.4) is 0 Å². The van der Waals surface area contributed by atoms with Crippen LogP contribution in [0.2, 0.25) is 0 Å². The molecule has 39 heavy (non-hydrogen) atoms. The Labute approximate surface area is 303 Å². The summed E-state index contributed by atoms with van der Waals surface area (Å²) < 4.78 is 75.6. The summed E-state index contributed by atoms with van der Waals surface area (Å²) in [6.07, 6.45) is -0.952. The highest BCUT2D eigenvalue weighted by atomic mass is 127. The average molecular weight is 1240 g/mol. The minimum Gasteiger partial charge on any atom is -0.424 e. The van der Waals surface area contributed by atoms with E-state index in [9.17, 15) is 31.6 Å². The summed E-state index contributed by atoms with van der Waals surface area (Å²) >= 11 is 12.1. The summed E-state index contributed by atoms with van der Waals surface area (Å²) in [6, 6.07) is 7.02. The zero-order valence-electron chi connectivity index (χ0n) is 18.9. The van der Waals surface area contributed by atoms with Crippen LogP contribution in [0.1, 0.15) is 19.3 Å². The Bertz CT molecular complexity index is 1410. The molecule has 3 atom stereocenters. The Morgan fingerprint density at radius 3 is 1.59 bits per heavy atom. The van der Waals surface area contributed by atoms with Crippen molar-refractivity contribution < 1.29 is 45.6 Å². The molecule has 0 amide bonds. The molecule has 3 unspecified atom stereocenters. The number of halogens is 8. The van der Waals surface area contributed by atoms with Gasteiger partial charge in [-0.3, -0.25) is 18.9 Å². The van der Waals surface area contributed by atoms with E-state index in [-0.39, 0.29) is 12.2 Å². The third-order valence-electron chi connectivity index (χ3n) is 5.77. The second kappa shape index (κ2) is 13.9. The minimum atomic E-state index is -6.09. The van der Waals surface area contributed by atoms with Crippen molar-refractivity contribution in [1.82, 2.24) is 0 Å². The molecule has 1 saturated carbocycles. The Hall–Kier alpha value is 1.20. The number of carbonyl (C=O) groups excluding carboxylic acids is 3. The zero-order valence-corrected chi connectivity index (χ0v) is 32.7. The highest BCUT2D eigenvalue weighted by Gasteiger charge is 2.58. The fourth-order valence-electron chi connectivity index (χ4n) is 3.92. The van der Waals surface area contributed by atoms with Crippen LogP contribution in [0.5, 0.6) is 11.5 Å². The molecule has 0 bridgehead atoms. The number of carbonyl (C=O) groups is 3. The van der Waals surface area contributed by atoms with Crippen molar-refractivity contribution in [2.24, 2.45) is 17.8 Å². The summed E-state index contributed by atoms with van der Waals surface area (Å²) in [4.78, 5) is 39.1. The van der Waals surface area contributed by atoms with Crippen molar-refractivity contribution in [3.63, 3.8) is 0 Å². The van der Waals surface area contributed by atoms with Gasteiger partial charge in [-0.1, -0.05) is 0 Å². The Morgan fingerprint density at radius 1 is 0.769 bits per heavy atom. The maximum Gasteiger partial charge on any atom is 0.427 e. The number of hydrogen-bond acceptors (Lipinski definition) is 7. The normalized spacial score (nSPS) is 19.9. The molecular weight excluding hydrogens is 1220 g/mol. The summed E-state index contributed by atoms with van der Waals surface area (Å²) in [5.41, 5.74) is 0. The van der Waals surface area contributed by atoms with Gasteiger partial charge in [0, 0.05) is 13.1 Å². The van der Waals surface area contributed by atoms with Crippen molar-refractivity contribution in [3.05, 3.63) is 45.7 Å². The predicted molar refractivity (Wildman–Crippen MR) is 186 cm³/mol. The van der Waals surface area contributed by atoms with Crippen LogP contribution in [-0.2, 0) is 24.5 Å². The lowest BCUT2D eigenvalue weighted by Gasteiger charge is -2.34. The van der Waals surface area contributed by atoms with Gasteiger partial charge in [-0.05, 0) is 179 Å². The molecule has 8 nitrogen and oxygen atoms in total. The SMILES string of the molecule is O=C(Oc1c(I)cc(I)cc1I)C1CCC(C(=O)C(F)(F)S(=O)(=O)O)C(C(=O)Oc2c(I)cc(I)cc2I)C1. The van der Waals surface area contributed by atoms with Crippen LogP contribution in [0.15, 0.2) is 24.3 Å². The summed E-state index contributed by atoms with van der Waals surface area (Å²) in [6.45, 7) is 0. The topological polar surface area (TPSA) is 124 Å². The van der Waals surface area contributed by atoms with Crippen LogP contribution in [-0.4, -0.2) is 35.9 Å². The molecule has 2 aromatic rings. The molecule has 1 N–H and O–H groups in total. The molecule has 0 aromatic heterocycles. The molecule has 1 fully saturated rings. The Kier molecular flexibility index (Phi) is 12.3. The lowest BCUT2D eigenvalue weighted by atomic mass is 9.72. The fraction of sp³-hybridized carbons (Fsp3) is 0.318. The molecule has 2 aromatic carbocycles. The van der Waals surface area contributed by atoms with Crippen molar-refractivity contribution in [1.29, 1.82) is 0 Å². The van der Waals surface area contributed by atoms with Gasteiger partial charge in [-0.2, -0.15) is 17.2 Å². The number of esters is 2. The minimum absolute atomic E-state index is 0.128. The maximum absolute atomic E-state index is 14.4. The first-order valence-corrected chi connectivity index (χ1v) is 18.5. The molecule has 0 heterocycles. The number of Topliss-reactive ketones (excluding diaryl/α,β-unsaturated/α-hetero) is 1. The van der Waals surface area contributed by atoms with E-state index in [1.807, 2.05) is 90.4 Å². The fourth-order valence-corrected chi connectivity index (χ4v) is 11.9. The second-order valence-corrected chi connectivity index (χ2v) is 16.9. The zero-order chi connectivity index (χ0) is 29.4. The highest BCUT2D eigenvalue weighted by molar-refractivity contribution is 14.1. The molecule has 0 radical (unpaired) electrons. The van der Waals surface area contributed by atoms with Gasteiger partial charge in [-0.15, -0.1) is 0 Å². The standard InChI is InChI=1S/C22H14F2I6O8S/c23-22(24,39(34,35)36)19(31)11-2-1-8(20(32)37-17-13(27)4-9(25)5-14(17)28)3-12(11)21(33)38-18-15(29)6-10(26)7-16(18)30/h4-8,11-12H,1-3H2,(H,34,35,36). The van der Waals surface area contributed by atoms with Gasteiger partial charge in [0.1, 0.15) is 0 Å². The third kappa shape index (κ3) is 8.23. The molecule has 212 valence electrons. The molecule has 0 aliphatic heterocycles. The molecular formula is C22H14F2I6O8S. The highest BCUT2D eigenvalue weighted by Crippen LogP contribution is 2.42. The van der Waals surface area contributed by atoms with E-state index in [0.717, 1.165) is 7.14 Å². The Morgan fingerprint density at radius 2 is 1.18 bits per heavy atom. The number of hydrogen-bond donors (Lipinski definition) is 1. The number of alkyl halides is 2. The van der Waals surface area contributed by atoms with Crippen molar-refractivity contribution >= 4 is 163 Å². The largest absolute Gasteiger partial charge is 0.427 e. The summed E-state index contributed by atoms with van der Waals surface area (Å²) in [5, 5.41) is -5.14. The maximum atomic E-state index is 14.4. The smallest absolute Gasteiger partial charge is 0.424 e. The predicted octanol–water partition coefficient (Wildman–Crippen LogP) is 6.91. The first-order chi connectivity index (χ1) is 17.9. The molecule has 0 spiro atoms. The van der Waals surface area contributed by atoms with E-state index in [1.165, 1.54) is 0 Å². The third-order valence-corrected chi connectivity index (χ3v) is 11.1. The molecule has 17 heteroatoms. The first kappa shape index (κ1) is 34.7. The van der Waals surface area contributed by atoms with E-state index in [0.29, 0.717) is 20.0 Å². The van der Waals surface area contributed by atoms with Gasteiger partial charge in [0.15, 0.2) is 11.5 Å². The molecule has 1 aliphatic carbocycles. The van der Waals surface area contributed by atoms with Gasteiger partial charge in [0.25, 0.3) is 0 Å². The number of benzene rings is 2. The number of rotatable bonds is 7. The van der Waals surface area contributed by atoms with E-state index in [1.54, 1.807) is 24.3 Å². The van der Waals surface area contributed by atoms with Crippen molar-refractivity contribution in [2.75, 3.05) is 0 Å². The van der Waals surface area contributed by atoms with E-state index < -0.39 is 63.7 Å². The van der Waals surface area contributed by atoms with Gasteiger partial charge in [0.05, 0.1) is 26.1 Å². The van der Waals surface area contributed by atoms with Gasteiger partial charge in [-0.25, -0.2) is 0 Å². The molecule has 0 saturated heterocycles. The van der Waals surface area contributed by atoms with Crippen LogP contribution in [0, 0.1) is 39.2 Å². The van der Waals surface area contributed by atoms with E-state index in [2.05, 4.69) is 45.2 Å². The molecule has 1 aliphatic rings. The molecule has 3 rings (SSSR count). The van der Waals surface area contributed by atoms with Gasteiger partial charge >= 0.3 is 27.3 Å². The van der Waals surface area contributed by atoms with Crippen molar-refractivity contribution in [2.45, 2.75) is 24.5 Å². The van der Waals surface area contributed by atoms with Crippen molar-refractivity contribution in [3.8, 4) is 11.5 Å². The van der Waals surface area contributed by atoms with Crippen LogP contribution < -0.4 is 9.47 Å².